The van der Waals surface area contributed by atoms with Crippen molar-refractivity contribution in [2.24, 2.45) is 0 Å². The number of aryl methyl sites for hydroxylation is 2. The highest BCUT2D eigenvalue weighted by atomic mass is 16.2. The van der Waals surface area contributed by atoms with Crippen molar-refractivity contribution in [1.29, 1.82) is 0 Å². The van der Waals surface area contributed by atoms with Crippen molar-refractivity contribution in [1.82, 2.24) is 9.55 Å². The van der Waals surface area contributed by atoms with Crippen molar-refractivity contribution < 1.29 is 4.79 Å². The Morgan fingerprint density at radius 3 is 2.45 bits per heavy atom. The molecule has 0 fully saturated rings. The summed E-state index contributed by atoms with van der Waals surface area (Å²) in [6.45, 7) is 3.98. The van der Waals surface area contributed by atoms with Gasteiger partial charge in [0.15, 0.2) is 0 Å². The van der Waals surface area contributed by atoms with E-state index in [9.17, 15) is 9.59 Å². The van der Waals surface area contributed by atoms with Crippen LogP contribution in [0, 0.1) is 13.8 Å². The lowest BCUT2D eigenvalue weighted by Crippen LogP contribution is -2.23. The third kappa shape index (κ3) is 3.06. The molecule has 31 heavy (non-hydrogen) atoms. The molecule has 1 aromatic heterocycles. The minimum Gasteiger partial charge on any atom is -0.311 e. The summed E-state index contributed by atoms with van der Waals surface area (Å²) in [7, 11) is 1.76. The van der Waals surface area contributed by atoms with Crippen LogP contribution in [0.4, 0.5) is 5.69 Å². The Balaban J connectivity index is 1.84. The number of likely N-dealkylation sites (N-methyl/N-ethyl adjacent to an activating group) is 1. The number of fused-ring (bicyclic) bond motifs is 2. The molecule has 5 nitrogen and oxygen atoms in total. The van der Waals surface area contributed by atoms with Gasteiger partial charge >= 0.3 is 0 Å². The molecule has 0 aliphatic carbocycles. The maximum Gasteiger partial charge on any atom is 0.266 e. The van der Waals surface area contributed by atoms with Gasteiger partial charge in [-0.1, -0.05) is 35.9 Å². The van der Waals surface area contributed by atoms with Crippen LogP contribution in [-0.2, 0) is 4.79 Å². The fraction of sp³-hybridized carbons (Fsp3) is 0.115. The molecule has 1 aliphatic heterocycles. The summed E-state index contributed by atoms with van der Waals surface area (Å²) >= 11 is 0. The van der Waals surface area contributed by atoms with Gasteiger partial charge in [-0.15, -0.1) is 0 Å². The number of hydrogen-bond donors (Lipinski definition) is 0. The van der Waals surface area contributed by atoms with Crippen LogP contribution in [0.1, 0.15) is 22.5 Å². The molecule has 0 saturated heterocycles. The summed E-state index contributed by atoms with van der Waals surface area (Å²) in [6.07, 6.45) is 1.74. The second-order valence-corrected chi connectivity index (χ2v) is 7.91. The minimum atomic E-state index is -0.161. The Morgan fingerprint density at radius 1 is 0.871 bits per heavy atom. The summed E-state index contributed by atoms with van der Waals surface area (Å²) in [5.74, 6) is 0.319. The van der Waals surface area contributed by atoms with E-state index in [0.29, 0.717) is 22.3 Å². The number of benzene rings is 3. The van der Waals surface area contributed by atoms with Gasteiger partial charge in [-0.3, -0.25) is 14.2 Å². The van der Waals surface area contributed by atoms with Crippen molar-refractivity contribution in [3.63, 3.8) is 0 Å². The largest absolute Gasteiger partial charge is 0.311 e. The van der Waals surface area contributed by atoms with Crippen molar-refractivity contribution in [3.05, 3.63) is 99.6 Å². The third-order valence-electron chi connectivity index (χ3n) is 5.67. The highest BCUT2D eigenvalue weighted by Crippen LogP contribution is 2.37. The van der Waals surface area contributed by atoms with Crippen LogP contribution in [0.15, 0.2) is 71.5 Å². The summed E-state index contributed by atoms with van der Waals surface area (Å²) < 4.78 is 1.59. The lowest BCUT2D eigenvalue weighted by Gasteiger charge is -2.13. The zero-order valence-corrected chi connectivity index (χ0v) is 17.6. The van der Waals surface area contributed by atoms with E-state index in [1.807, 2.05) is 74.5 Å². The number of carbonyl (C=O) groups is 1. The average molecular weight is 407 g/mol. The molecule has 4 aromatic rings. The summed E-state index contributed by atoms with van der Waals surface area (Å²) in [4.78, 5) is 33.0. The van der Waals surface area contributed by atoms with Crippen molar-refractivity contribution in [3.8, 4) is 5.69 Å². The molecular weight excluding hydrogens is 386 g/mol. The highest BCUT2D eigenvalue weighted by molar-refractivity contribution is 6.35. The third-order valence-corrected chi connectivity index (χ3v) is 5.67. The van der Waals surface area contributed by atoms with Gasteiger partial charge in [0.05, 0.1) is 27.9 Å². The molecule has 2 heterocycles. The Bertz CT molecular complexity index is 1460. The first-order chi connectivity index (χ1) is 14.9. The number of rotatable bonds is 2. The van der Waals surface area contributed by atoms with Gasteiger partial charge in [0, 0.05) is 12.6 Å². The van der Waals surface area contributed by atoms with E-state index in [0.717, 1.165) is 28.1 Å². The standard InChI is InChI=1S/C26H21N3O2/c1-16-7-6-8-18(13-16)29-24(27-22-10-5-4-9-19(22)26(29)31)15-21-20-14-17(2)11-12-23(20)28(3)25(21)30/h4-15H,1-3H3. The minimum absolute atomic E-state index is 0.112. The molecule has 0 spiro atoms. The van der Waals surface area contributed by atoms with Crippen molar-refractivity contribution >= 4 is 34.1 Å². The molecule has 3 aromatic carbocycles. The van der Waals surface area contributed by atoms with E-state index < -0.39 is 0 Å². The first-order valence-electron chi connectivity index (χ1n) is 10.1. The fourth-order valence-electron chi connectivity index (χ4n) is 4.10. The maximum absolute atomic E-state index is 13.5. The molecule has 0 bridgehead atoms. The van der Waals surface area contributed by atoms with Crippen molar-refractivity contribution in [2.45, 2.75) is 13.8 Å². The van der Waals surface area contributed by atoms with E-state index in [-0.39, 0.29) is 11.5 Å². The Morgan fingerprint density at radius 2 is 1.65 bits per heavy atom. The van der Waals surface area contributed by atoms with Crippen LogP contribution in [0.3, 0.4) is 0 Å². The zero-order valence-electron chi connectivity index (χ0n) is 17.6. The molecule has 1 aliphatic rings. The number of nitrogens with zero attached hydrogens (tertiary/aromatic N) is 3. The molecule has 152 valence electrons. The van der Waals surface area contributed by atoms with Crippen LogP contribution in [0.25, 0.3) is 28.2 Å². The topological polar surface area (TPSA) is 55.2 Å². The van der Waals surface area contributed by atoms with Gasteiger partial charge in [0.1, 0.15) is 5.82 Å². The van der Waals surface area contributed by atoms with Gasteiger partial charge in [0.2, 0.25) is 0 Å². The average Bonchev–Trinajstić information content (AvgIpc) is 2.98. The monoisotopic (exact) mass is 407 g/mol. The Labute approximate surface area is 179 Å². The Hall–Kier alpha value is -3.99. The van der Waals surface area contributed by atoms with Gasteiger partial charge in [0.25, 0.3) is 11.5 Å². The van der Waals surface area contributed by atoms with Crippen LogP contribution < -0.4 is 10.5 Å². The van der Waals surface area contributed by atoms with E-state index in [1.54, 1.807) is 28.7 Å². The number of anilines is 1. The molecule has 5 heteroatoms. The van der Waals surface area contributed by atoms with E-state index >= 15 is 0 Å². The lowest BCUT2D eigenvalue weighted by atomic mass is 10.0. The number of amides is 1. The molecule has 0 radical (unpaired) electrons. The first-order valence-corrected chi connectivity index (χ1v) is 10.1. The second-order valence-electron chi connectivity index (χ2n) is 7.91. The van der Waals surface area contributed by atoms with Gasteiger partial charge in [-0.05, 0) is 61.9 Å². The predicted octanol–water partition coefficient (Wildman–Crippen LogP) is 4.52. The molecule has 1 amide bonds. The molecule has 0 saturated carbocycles. The van der Waals surface area contributed by atoms with Crippen LogP contribution in [0.2, 0.25) is 0 Å². The molecule has 0 unspecified atom stereocenters. The molecule has 0 atom stereocenters. The van der Waals surface area contributed by atoms with Gasteiger partial charge < -0.3 is 4.90 Å². The Kier molecular flexibility index (Phi) is 4.33. The smallest absolute Gasteiger partial charge is 0.266 e. The molecule has 5 rings (SSSR count). The van der Waals surface area contributed by atoms with E-state index in [1.165, 1.54) is 0 Å². The number of para-hydroxylation sites is 1. The fourth-order valence-corrected chi connectivity index (χ4v) is 4.10. The summed E-state index contributed by atoms with van der Waals surface area (Å²) in [5.41, 5.74) is 5.50. The number of carbonyl (C=O) groups excluding carboxylic acids is 1. The predicted molar refractivity (Wildman–Crippen MR) is 125 cm³/mol. The summed E-state index contributed by atoms with van der Waals surface area (Å²) in [6, 6.07) is 20.9. The van der Waals surface area contributed by atoms with Crippen molar-refractivity contribution in [2.75, 3.05) is 11.9 Å². The SMILES string of the molecule is Cc1cccc(-n2c(C=C3C(=O)N(C)c4ccc(C)cc43)nc3ccccc3c2=O)c1. The first kappa shape index (κ1) is 19.0. The van der Waals surface area contributed by atoms with Gasteiger partial charge in [-0.2, -0.15) is 0 Å². The van der Waals surface area contributed by atoms with Crippen LogP contribution in [0.5, 0.6) is 0 Å². The zero-order chi connectivity index (χ0) is 21.7. The maximum atomic E-state index is 13.5. The molecule has 0 N–H and O–H groups in total. The normalized spacial score (nSPS) is 14.5. The molecular formula is C26H21N3O2. The van der Waals surface area contributed by atoms with E-state index in [2.05, 4.69) is 0 Å². The van der Waals surface area contributed by atoms with Crippen LogP contribution >= 0.6 is 0 Å². The highest BCUT2D eigenvalue weighted by Gasteiger charge is 2.30. The van der Waals surface area contributed by atoms with Gasteiger partial charge in [-0.25, -0.2) is 4.98 Å². The summed E-state index contributed by atoms with van der Waals surface area (Å²) in [5, 5.41) is 0.539. The quantitative estimate of drug-likeness (QED) is 0.459. The number of aromatic nitrogens is 2. The van der Waals surface area contributed by atoms with Crippen LogP contribution in [-0.4, -0.2) is 22.5 Å². The second kappa shape index (κ2) is 7.06. The lowest BCUT2D eigenvalue weighted by molar-refractivity contribution is -0.112. The number of hydrogen-bond acceptors (Lipinski definition) is 3. The van der Waals surface area contributed by atoms with E-state index in [4.69, 9.17) is 4.98 Å².